The van der Waals surface area contributed by atoms with Gasteiger partial charge in [-0.25, -0.2) is 9.97 Å². The number of methoxy groups -OCH3 is 1. The van der Waals surface area contributed by atoms with Crippen molar-refractivity contribution >= 4 is 28.3 Å². The van der Waals surface area contributed by atoms with Crippen LogP contribution < -0.4 is 10.5 Å². The summed E-state index contributed by atoms with van der Waals surface area (Å²) in [4.78, 5) is 21.5. The number of benzene rings is 2. The zero-order chi connectivity index (χ0) is 16.7. The van der Waals surface area contributed by atoms with Gasteiger partial charge in [0.2, 0.25) is 11.7 Å². The van der Waals surface area contributed by atoms with Gasteiger partial charge in [0.1, 0.15) is 22.6 Å². The Bertz CT molecular complexity index is 1070. The molecule has 2 N–H and O–H groups in total. The number of fused-ring (bicyclic) bond motifs is 3. The van der Waals surface area contributed by atoms with Crippen LogP contribution >= 0.6 is 0 Å². The first-order valence-electron chi connectivity index (χ1n) is 7.40. The lowest BCUT2D eigenvalue weighted by atomic mass is 10.1. The summed E-state index contributed by atoms with van der Waals surface area (Å²) < 4.78 is 6.96. The molecule has 24 heavy (non-hydrogen) atoms. The van der Waals surface area contributed by atoms with Crippen LogP contribution in [-0.2, 0) is 0 Å². The number of aromatic nitrogens is 3. The molecule has 0 aliphatic rings. The summed E-state index contributed by atoms with van der Waals surface area (Å²) in [6.07, 6.45) is 1.62. The van der Waals surface area contributed by atoms with Gasteiger partial charge in [0.15, 0.2) is 0 Å². The average molecular weight is 318 g/mol. The van der Waals surface area contributed by atoms with Gasteiger partial charge in [-0.2, -0.15) is 0 Å². The van der Waals surface area contributed by atoms with Crippen LogP contribution in [0.3, 0.4) is 0 Å². The van der Waals surface area contributed by atoms with E-state index in [4.69, 9.17) is 10.5 Å². The van der Waals surface area contributed by atoms with Gasteiger partial charge < -0.3 is 10.5 Å². The molecule has 0 spiro atoms. The molecule has 0 bridgehead atoms. The van der Waals surface area contributed by atoms with Gasteiger partial charge in [-0.3, -0.25) is 9.20 Å². The van der Waals surface area contributed by atoms with Crippen molar-refractivity contribution < 1.29 is 9.53 Å². The molecule has 4 rings (SSSR count). The van der Waals surface area contributed by atoms with Crippen LogP contribution in [0, 0.1) is 0 Å². The highest BCUT2D eigenvalue weighted by atomic mass is 16.5. The molecule has 4 aromatic rings. The van der Waals surface area contributed by atoms with E-state index < -0.39 is 0 Å². The molecule has 6 nitrogen and oxygen atoms in total. The lowest BCUT2D eigenvalue weighted by Gasteiger charge is -2.07. The average Bonchev–Trinajstić information content (AvgIpc) is 3.08. The highest BCUT2D eigenvalue weighted by Gasteiger charge is 2.17. The third-order valence-electron chi connectivity index (χ3n) is 3.91. The van der Waals surface area contributed by atoms with E-state index in [2.05, 4.69) is 9.97 Å². The van der Waals surface area contributed by atoms with Crippen LogP contribution in [0.2, 0.25) is 0 Å². The molecular weight excluding hydrogens is 304 g/mol. The normalized spacial score (nSPS) is 11.0. The molecule has 0 amide bonds. The molecule has 0 aliphatic carbocycles. The van der Waals surface area contributed by atoms with Gasteiger partial charge in [-0.05, 0) is 12.1 Å². The van der Waals surface area contributed by atoms with Gasteiger partial charge in [0.05, 0.1) is 7.11 Å². The molecule has 0 saturated heterocycles. The molecule has 0 saturated carbocycles. The maximum Gasteiger partial charge on any atom is 0.212 e. The zero-order valence-electron chi connectivity index (χ0n) is 12.9. The minimum Gasteiger partial charge on any atom is -0.494 e. The maximum absolute atomic E-state index is 12.6. The summed E-state index contributed by atoms with van der Waals surface area (Å²) in [5.41, 5.74) is 8.14. The minimum atomic E-state index is -0.158. The van der Waals surface area contributed by atoms with E-state index in [0.29, 0.717) is 28.2 Å². The fourth-order valence-electron chi connectivity index (χ4n) is 2.74. The Labute approximate surface area is 137 Å². The molecule has 2 aromatic heterocycles. The Kier molecular flexibility index (Phi) is 3.16. The molecule has 2 aromatic carbocycles. The number of nitrogens with two attached hydrogens (primary N) is 1. The topological polar surface area (TPSA) is 82.5 Å². The lowest BCUT2D eigenvalue weighted by Crippen LogP contribution is -2.01. The summed E-state index contributed by atoms with van der Waals surface area (Å²) in [7, 11) is 1.58. The first-order valence-corrected chi connectivity index (χ1v) is 7.40. The molecule has 0 aliphatic heterocycles. The SMILES string of the molecule is COc1cccc2c1nc(N)n1cc(C(=O)c3ccccc3)nc21. The Morgan fingerprint density at radius 3 is 2.62 bits per heavy atom. The zero-order valence-corrected chi connectivity index (χ0v) is 12.9. The highest BCUT2D eigenvalue weighted by molar-refractivity contribution is 6.09. The third kappa shape index (κ3) is 2.08. The fraction of sp³-hybridized carbons (Fsp3) is 0.0556. The van der Waals surface area contributed by atoms with E-state index in [1.165, 1.54) is 0 Å². The molecular formula is C18H14N4O2. The van der Waals surface area contributed by atoms with Gasteiger partial charge in [-0.1, -0.05) is 36.4 Å². The number of ether oxygens (including phenoxy) is 1. The molecule has 0 unspecified atom stereocenters. The van der Waals surface area contributed by atoms with Crippen molar-refractivity contribution in [3.05, 3.63) is 66.0 Å². The number of ketones is 1. The predicted molar refractivity (Wildman–Crippen MR) is 91.3 cm³/mol. The van der Waals surface area contributed by atoms with Crippen molar-refractivity contribution in [2.75, 3.05) is 12.8 Å². The second-order valence-corrected chi connectivity index (χ2v) is 5.34. The number of hydrogen-bond donors (Lipinski definition) is 1. The number of carbonyl (C=O) groups is 1. The van der Waals surface area contributed by atoms with E-state index in [1.54, 1.807) is 29.8 Å². The predicted octanol–water partition coefficient (Wildman–Crippen LogP) is 2.70. The molecule has 0 fully saturated rings. The Hall–Kier alpha value is -3.41. The summed E-state index contributed by atoms with van der Waals surface area (Å²) in [6, 6.07) is 14.6. The van der Waals surface area contributed by atoms with Gasteiger partial charge >= 0.3 is 0 Å². The molecule has 0 atom stereocenters. The summed E-state index contributed by atoms with van der Waals surface area (Å²) in [5, 5.41) is 0.774. The first kappa shape index (κ1) is 14.2. The summed E-state index contributed by atoms with van der Waals surface area (Å²) in [6.45, 7) is 0. The number of rotatable bonds is 3. The van der Waals surface area contributed by atoms with Gasteiger partial charge in [0, 0.05) is 17.1 Å². The van der Waals surface area contributed by atoms with Crippen LogP contribution in [0.15, 0.2) is 54.7 Å². The van der Waals surface area contributed by atoms with Crippen molar-refractivity contribution in [2.45, 2.75) is 0 Å². The quantitative estimate of drug-likeness (QED) is 0.587. The number of nitrogens with zero attached hydrogens (tertiary/aromatic N) is 3. The minimum absolute atomic E-state index is 0.158. The maximum atomic E-state index is 12.6. The number of imidazole rings is 1. The second kappa shape index (κ2) is 5.34. The van der Waals surface area contributed by atoms with E-state index >= 15 is 0 Å². The first-order chi connectivity index (χ1) is 11.7. The van der Waals surface area contributed by atoms with Crippen molar-refractivity contribution in [1.82, 2.24) is 14.4 Å². The van der Waals surface area contributed by atoms with Crippen molar-refractivity contribution in [3.8, 4) is 5.75 Å². The smallest absolute Gasteiger partial charge is 0.212 e. The van der Waals surface area contributed by atoms with E-state index in [0.717, 1.165) is 5.39 Å². The molecule has 0 radical (unpaired) electrons. The fourth-order valence-corrected chi connectivity index (χ4v) is 2.74. The molecule has 6 heteroatoms. The summed E-state index contributed by atoms with van der Waals surface area (Å²) in [5.74, 6) is 0.706. The van der Waals surface area contributed by atoms with Crippen LogP contribution in [0.1, 0.15) is 16.1 Å². The highest BCUT2D eigenvalue weighted by Crippen LogP contribution is 2.28. The van der Waals surface area contributed by atoms with Gasteiger partial charge in [0.25, 0.3) is 0 Å². The molecule has 2 heterocycles. The Morgan fingerprint density at radius 1 is 1.08 bits per heavy atom. The van der Waals surface area contributed by atoms with Crippen LogP contribution in [0.5, 0.6) is 5.75 Å². The van der Waals surface area contributed by atoms with Gasteiger partial charge in [-0.15, -0.1) is 0 Å². The van der Waals surface area contributed by atoms with Crippen molar-refractivity contribution in [1.29, 1.82) is 0 Å². The number of nitrogen functional groups attached to an aromatic ring is 1. The Balaban J connectivity index is 1.97. The number of anilines is 1. The van der Waals surface area contributed by atoms with E-state index in [-0.39, 0.29) is 11.7 Å². The number of hydrogen-bond acceptors (Lipinski definition) is 5. The third-order valence-corrected chi connectivity index (χ3v) is 3.91. The largest absolute Gasteiger partial charge is 0.494 e. The number of para-hydroxylation sites is 1. The van der Waals surface area contributed by atoms with Crippen LogP contribution in [0.4, 0.5) is 5.95 Å². The van der Waals surface area contributed by atoms with E-state index in [1.807, 2.05) is 36.4 Å². The summed E-state index contributed by atoms with van der Waals surface area (Å²) >= 11 is 0. The second-order valence-electron chi connectivity index (χ2n) is 5.34. The van der Waals surface area contributed by atoms with E-state index in [9.17, 15) is 4.79 Å². The van der Waals surface area contributed by atoms with Crippen LogP contribution in [0.25, 0.3) is 16.6 Å². The van der Waals surface area contributed by atoms with Crippen LogP contribution in [-0.4, -0.2) is 27.3 Å². The molecule has 118 valence electrons. The lowest BCUT2D eigenvalue weighted by molar-refractivity contribution is 0.103. The van der Waals surface area contributed by atoms with Crippen molar-refractivity contribution in [3.63, 3.8) is 0 Å². The standard InChI is InChI=1S/C18H14N4O2/c1-24-14-9-5-8-12-15(14)21-18(19)22-10-13(20-17(12)22)16(23)11-6-3-2-4-7-11/h2-10H,1H3,(H2,19,21). The Morgan fingerprint density at radius 2 is 1.88 bits per heavy atom. The number of carbonyl (C=O) groups excluding carboxylic acids is 1. The van der Waals surface area contributed by atoms with Crippen molar-refractivity contribution in [2.24, 2.45) is 0 Å². The monoisotopic (exact) mass is 318 g/mol.